The highest BCUT2D eigenvalue weighted by Crippen LogP contribution is 2.40. The van der Waals surface area contributed by atoms with Gasteiger partial charge in [-0.3, -0.25) is 28.9 Å². The number of nitrogens with two attached hydrogens (primary N) is 1. The average Bonchev–Trinajstić information content (AvgIpc) is 4.10. The largest absolute Gasteiger partial charge is 0.478 e. The molecule has 0 spiro atoms. The summed E-state index contributed by atoms with van der Waals surface area (Å²) in [5.74, 6) is -0.861. The number of carboxylic acids is 1. The Hall–Kier alpha value is -5.55. The molecule has 2 aliphatic carbocycles. The summed E-state index contributed by atoms with van der Waals surface area (Å²) in [6, 6.07) is 14.9. The van der Waals surface area contributed by atoms with Crippen molar-refractivity contribution in [3.05, 3.63) is 71.8 Å². The molecule has 2 heterocycles. The van der Waals surface area contributed by atoms with E-state index in [1.54, 1.807) is 84.1 Å². The molecule has 2 saturated carbocycles. The second-order valence-electron chi connectivity index (χ2n) is 22.5. The van der Waals surface area contributed by atoms with Crippen LogP contribution in [0.1, 0.15) is 135 Å². The zero-order chi connectivity index (χ0) is 52.5. The van der Waals surface area contributed by atoms with Crippen molar-refractivity contribution in [3.8, 4) is 0 Å². The first-order chi connectivity index (χ1) is 32.6. The summed E-state index contributed by atoms with van der Waals surface area (Å²) in [7, 11) is 3.25. The zero-order valence-corrected chi connectivity index (χ0v) is 43.8. The van der Waals surface area contributed by atoms with E-state index in [-0.39, 0.29) is 59.7 Å². The van der Waals surface area contributed by atoms with Crippen LogP contribution in [0.3, 0.4) is 0 Å². The van der Waals surface area contributed by atoms with Crippen molar-refractivity contribution in [2.75, 3.05) is 27.2 Å². The lowest BCUT2D eigenvalue weighted by Gasteiger charge is -2.37. The molecule has 10 atom stereocenters. The Kier molecular flexibility index (Phi) is 19.6. The third kappa shape index (κ3) is 15.0. The van der Waals surface area contributed by atoms with Gasteiger partial charge in [0.2, 0.25) is 23.6 Å². The molecule has 70 heavy (non-hydrogen) atoms. The number of ether oxygens (including phenoxy) is 1. The summed E-state index contributed by atoms with van der Waals surface area (Å²) >= 11 is 0. The van der Waals surface area contributed by atoms with Gasteiger partial charge in [-0.25, -0.2) is 9.59 Å². The number of nitrogens with zero attached hydrogens (tertiary/aromatic N) is 3. The molecule has 0 bridgehead atoms. The van der Waals surface area contributed by atoms with Crippen molar-refractivity contribution in [1.82, 2.24) is 36.0 Å². The van der Waals surface area contributed by atoms with Crippen LogP contribution in [-0.2, 0) is 23.9 Å². The molecule has 17 heteroatoms. The van der Waals surface area contributed by atoms with Crippen LogP contribution in [0, 0.1) is 22.7 Å². The number of carbonyl (C=O) groups is 7. The Morgan fingerprint density at radius 2 is 1.13 bits per heavy atom. The fourth-order valence-corrected chi connectivity index (χ4v) is 9.71. The van der Waals surface area contributed by atoms with Crippen LogP contribution in [0.5, 0.6) is 0 Å². The zero-order valence-electron chi connectivity index (χ0n) is 43.8. The number of hydrogen-bond acceptors (Lipinski definition) is 10. The van der Waals surface area contributed by atoms with Crippen molar-refractivity contribution in [2.24, 2.45) is 28.4 Å². The summed E-state index contributed by atoms with van der Waals surface area (Å²) in [5.41, 5.74) is 5.68. The topological polar surface area (TPSA) is 233 Å². The van der Waals surface area contributed by atoms with Crippen LogP contribution in [0.2, 0.25) is 0 Å². The van der Waals surface area contributed by atoms with Gasteiger partial charge in [-0.2, -0.15) is 0 Å². The molecule has 17 nitrogen and oxygen atoms in total. The van der Waals surface area contributed by atoms with Crippen LogP contribution >= 0.6 is 0 Å². The average molecular weight is 975 g/mol. The van der Waals surface area contributed by atoms with Gasteiger partial charge in [-0.1, -0.05) is 77.9 Å². The van der Waals surface area contributed by atoms with Gasteiger partial charge in [0.05, 0.1) is 17.6 Å². The van der Waals surface area contributed by atoms with Gasteiger partial charge in [0, 0.05) is 43.8 Å². The van der Waals surface area contributed by atoms with E-state index in [0.29, 0.717) is 36.1 Å². The highest BCUT2D eigenvalue weighted by Gasteiger charge is 2.50. The van der Waals surface area contributed by atoms with Crippen LogP contribution in [0.25, 0.3) is 0 Å². The maximum atomic E-state index is 13.7. The SMILES string of the molecule is CN[C@@H](C)C(=O)N[C@H](C(=O)N1CCC2CCC(NC(=O)c3ccccc3)C21)C(C)(C)C.C[C@@H](C(=O)N[C@H](C(=O)N1CCC2CCC(N)C21)C(C)(C)C)N(C)C(=O)OC(C)(C)C.O=C(O)c1ccccc1. The van der Waals surface area contributed by atoms with Gasteiger partial charge >= 0.3 is 12.1 Å². The van der Waals surface area contributed by atoms with Crippen LogP contribution in [0.4, 0.5) is 4.79 Å². The molecule has 6 unspecified atom stereocenters. The third-order valence-electron chi connectivity index (χ3n) is 13.9. The van der Waals surface area contributed by atoms with Crippen molar-refractivity contribution in [2.45, 2.75) is 169 Å². The Bertz CT molecular complexity index is 2120. The van der Waals surface area contributed by atoms with Crippen molar-refractivity contribution >= 4 is 41.6 Å². The summed E-state index contributed by atoms with van der Waals surface area (Å²) in [4.78, 5) is 93.0. The van der Waals surface area contributed by atoms with Gasteiger partial charge in [-0.05, 0) is 127 Å². The van der Waals surface area contributed by atoms with E-state index in [9.17, 15) is 33.6 Å². The van der Waals surface area contributed by atoms with Crippen LogP contribution in [0.15, 0.2) is 60.7 Å². The van der Waals surface area contributed by atoms with E-state index in [1.807, 2.05) is 69.5 Å². The number of likely N-dealkylation sites (N-methyl/N-ethyl adjacent to an activating group) is 2. The quantitative estimate of drug-likeness (QED) is 0.166. The van der Waals surface area contributed by atoms with E-state index in [4.69, 9.17) is 15.6 Å². The minimum atomic E-state index is -0.879. The molecule has 388 valence electrons. The van der Waals surface area contributed by atoms with Crippen molar-refractivity contribution < 1.29 is 43.4 Å². The lowest BCUT2D eigenvalue weighted by atomic mass is 9.85. The molecular weight excluding hydrogens is 893 g/mol. The number of nitrogens with one attached hydrogen (secondary N) is 4. The number of carbonyl (C=O) groups excluding carboxylic acids is 6. The first kappa shape index (κ1) is 57.0. The van der Waals surface area contributed by atoms with E-state index in [2.05, 4.69) is 21.3 Å². The molecule has 6 rings (SSSR count). The standard InChI is InChI=1S/C24H36N4O3.C22H40N4O4.C7H6O2/c1-15(25-5)21(29)27-20(24(2,3)4)23(31)28-14-13-16-11-12-18(19(16)28)26-22(30)17-9-7-6-8-10-17;1-13(25(8)20(29)30-22(5,6)7)18(27)24-17(21(2,3)4)19(28)26-12-11-14-9-10-15(23)16(14)26;8-7(9)6-4-2-1-3-5-6/h6-10,15-16,18-20,25H,11-14H2,1-5H3,(H,26,30)(H,27,29);13-17H,9-12,23H2,1-8H3,(H,24,27);1-5H,(H,8,9)/t15-,16?,18?,19?,20+;13-,14?,15?,16?,17+;/m00./s1. The number of fused-ring (bicyclic) bond motifs is 2. The van der Waals surface area contributed by atoms with Gasteiger partial charge in [0.1, 0.15) is 23.7 Å². The molecule has 2 aromatic rings. The van der Waals surface area contributed by atoms with Gasteiger partial charge < -0.3 is 46.6 Å². The fraction of sp³-hybridized carbons (Fsp3) is 0.642. The molecule has 2 aromatic carbocycles. The third-order valence-corrected chi connectivity index (χ3v) is 13.9. The summed E-state index contributed by atoms with van der Waals surface area (Å²) < 4.78 is 5.35. The number of amides is 6. The number of carboxylic acid groups (broad SMARTS) is 1. The molecule has 0 radical (unpaired) electrons. The Labute approximate surface area is 415 Å². The van der Waals surface area contributed by atoms with E-state index in [0.717, 1.165) is 38.5 Å². The maximum Gasteiger partial charge on any atom is 0.410 e. The number of rotatable bonds is 11. The first-order valence-corrected chi connectivity index (χ1v) is 24.8. The Balaban J connectivity index is 0.000000258. The Morgan fingerprint density at radius 1 is 0.671 bits per heavy atom. The number of likely N-dealkylation sites (tertiary alicyclic amines) is 2. The highest BCUT2D eigenvalue weighted by molar-refractivity contribution is 5.95. The summed E-state index contributed by atoms with van der Waals surface area (Å²) in [6.07, 6.45) is 5.17. The van der Waals surface area contributed by atoms with Crippen LogP contribution in [-0.4, -0.2) is 143 Å². The molecule has 2 saturated heterocycles. The summed E-state index contributed by atoms with van der Waals surface area (Å²) in [5, 5.41) is 20.4. The van der Waals surface area contributed by atoms with Crippen molar-refractivity contribution in [3.63, 3.8) is 0 Å². The molecule has 4 fully saturated rings. The van der Waals surface area contributed by atoms with Crippen molar-refractivity contribution in [1.29, 1.82) is 0 Å². The predicted octanol–water partition coefficient (Wildman–Crippen LogP) is 5.43. The lowest BCUT2D eigenvalue weighted by molar-refractivity contribution is -0.141. The predicted molar refractivity (Wildman–Crippen MR) is 270 cm³/mol. The van der Waals surface area contributed by atoms with Gasteiger partial charge in [0.25, 0.3) is 5.91 Å². The van der Waals surface area contributed by atoms with Crippen LogP contribution < -0.4 is 27.0 Å². The number of benzene rings is 2. The second kappa shape index (κ2) is 24.0. The maximum absolute atomic E-state index is 13.7. The normalized spacial score (nSPS) is 23.3. The minimum Gasteiger partial charge on any atom is -0.478 e. The first-order valence-electron chi connectivity index (χ1n) is 24.8. The number of hydrogen-bond donors (Lipinski definition) is 6. The van der Waals surface area contributed by atoms with E-state index < -0.39 is 46.6 Å². The van der Waals surface area contributed by atoms with Gasteiger partial charge in [-0.15, -0.1) is 0 Å². The highest BCUT2D eigenvalue weighted by atomic mass is 16.6. The number of aromatic carboxylic acids is 1. The second-order valence-corrected chi connectivity index (χ2v) is 22.5. The van der Waals surface area contributed by atoms with E-state index >= 15 is 0 Å². The molecular formula is C53H82N8O9. The fourth-order valence-electron chi connectivity index (χ4n) is 9.71. The molecule has 2 aliphatic heterocycles. The van der Waals surface area contributed by atoms with Gasteiger partial charge in [0.15, 0.2) is 0 Å². The molecule has 0 aromatic heterocycles. The Morgan fingerprint density at radius 3 is 1.59 bits per heavy atom. The molecule has 4 aliphatic rings. The minimum absolute atomic E-state index is 0.00463. The molecule has 6 amide bonds. The lowest BCUT2D eigenvalue weighted by Crippen LogP contribution is -2.60. The monoisotopic (exact) mass is 975 g/mol. The van der Waals surface area contributed by atoms with E-state index in [1.165, 1.54) is 11.9 Å². The molecule has 7 N–H and O–H groups in total. The smallest absolute Gasteiger partial charge is 0.410 e. The summed E-state index contributed by atoms with van der Waals surface area (Å²) in [6.45, 7) is 21.8.